The Morgan fingerprint density at radius 2 is 1.56 bits per heavy atom. The molecule has 0 fully saturated rings. The summed E-state index contributed by atoms with van der Waals surface area (Å²) in [5.41, 5.74) is 3.43. The minimum absolute atomic E-state index is 0.140. The average molecular weight is 456 g/mol. The number of amides is 3. The van der Waals surface area contributed by atoms with E-state index in [2.05, 4.69) is 5.32 Å². The largest absolute Gasteiger partial charge is 0.497 e. The zero-order chi connectivity index (χ0) is 24.2. The van der Waals surface area contributed by atoms with Gasteiger partial charge in [-0.25, -0.2) is 0 Å². The van der Waals surface area contributed by atoms with Crippen LogP contribution >= 0.6 is 0 Å². The molecule has 0 aliphatic carbocycles. The Hall–Kier alpha value is -4.39. The van der Waals surface area contributed by atoms with Gasteiger partial charge >= 0.3 is 0 Å². The van der Waals surface area contributed by atoms with Crippen LogP contribution < -0.4 is 15.0 Å². The standard InChI is InChI=1S/C27H25N3O4/c1-18(31)28-21-13-11-20(12-14-21)24-25(29(2)22-7-5-4-6-8-22)27(33)30(26(24)32)17-19-9-15-23(34-3)16-10-19/h4-16H,17H2,1-3H3,(H,28,31). The topological polar surface area (TPSA) is 79.0 Å². The van der Waals surface area contributed by atoms with Crippen LogP contribution in [0.4, 0.5) is 11.4 Å². The third kappa shape index (κ3) is 4.54. The zero-order valence-corrected chi connectivity index (χ0v) is 19.2. The fourth-order valence-electron chi connectivity index (χ4n) is 3.90. The van der Waals surface area contributed by atoms with Crippen LogP contribution in [0.25, 0.3) is 5.57 Å². The summed E-state index contributed by atoms with van der Waals surface area (Å²) >= 11 is 0. The number of anilines is 2. The average Bonchev–Trinajstić information content (AvgIpc) is 3.09. The van der Waals surface area contributed by atoms with E-state index >= 15 is 0 Å². The maximum atomic E-state index is 13.6. The summed E-state index contributed by atoms with van der Waals surface area (Å²) < 4.78 is 5.20. The predicted molar refractivity (Wildman–Crippen MR) is 131 cm³/mol. The van der Waals surface area contributed by atoms with Crippen LogP contribution in [0.2, 0.25) is 0 Å². The monoisotopic (exact) mass is 455 g/mol. The molecule has 3 amide bonds. The number of hydrogen-bond donors (Lipinski definition) is 1. The Morgan fingerprint density at radius 3 is 2.15 bits per heavy atom. The first kappa shape index (κ1) is 22.8. The summed E-state index contributed by atoms with van der Waals surface area (Å²) in [6, 6.07) is 23.6. The lowest BCUT2D eigenvalue weighted by molar-refractivity contribution is -0.137. The van der Waals surface area contributed by atoms with Gasteiger partial charge in [0.1, 0.15) is 11.4 Å². The third-order valence-corrected chi connectivity index (χ3v) is 5.62. The van der Waals surface area contributed by atoms with Gasteiger partial charge in [-0.3, -0.25) is 19.3 Å². The Labute approximate surface area is 198 Å². The fourth-order valence-corrected chi connectivity index (χ4v) is 3.90. The molecular formula is C27H25N3O4. The quantitative estimate of drug-likeness (QED) is 0.544. The lowest BCUT2D eigenvalue weighted by Crippen LogP contribution is -2.33. The number of likely N-dealkylation sites (N-methyl/N-ethyl adjacent to an activating group) is 1. The van der Waals surface area contributed by atoms with E-state index in [4.69, 9.17) is 4.74 Å². The molecule has 4 rings (SSSR count). The van der Waals surface area contributed by atoms with E-state index in [0.29, 0.717) is 28.3 Å². The highest BCUT2D eigenvalue weighted by Gasteiger charge is 2.41. The van der Waals surface area contributed by atoms with Crippen LogP contribution in [0.15, 0.2) is 84.6 Å². The second-order valence-corrected chi connectivity index (χ2v) is 7.92. The normalized spacial score (nSPS) is 13.3. The van der Waals surface area contributed by atoms with Crippen LogP contribution in [0, 0.1) is 0 Å². The van der Waals surface area contributed by atoms with Crippen molar-refractivity contribution in [1.82, 2.24) is 4.90 Å². The van der Waals surface area contributed by atoms with E-state index < -0.39 is 0 Å². The lowest BCUT2D eigenvalue weighted by Gasteiger charge is -2.21. The van der Waals surface area contributed by atoms with E-state index in [1.165, 1.54) is 11.8 Å². The molecule has 1 aliphatic heterocycles. The molecule has 3 aromatic carbocycles. The fraction of sp³-hybridized carbons (Fsp3) is 0.148. The number of para-hydroxylation sites is 1. The van der Waals surface area contributed by atoms with Crippen molar-refractivity contribution in [2.45, 2.75) is 13.5 Å². The van der Waals surface area contributed by atoms with Crippen molar-refractivity contribution in [3.63, 3.8) is 0 Å². The number of nitrogens with one attached hydrogen (secondary N) is 1. The first-order chi connectivity index (χ1) is 16.4. The van der Waals surface area contributed by atoms with Gasteiger partial charge < -0.3 is 15.0 Å². The first-order valence-corrected chi connectivity index (χ1v) is 10.8. The number of hydrogen-bond acceptors (Lipinski definition) is 5. The van der Waals surface area contributed by atoms with Gasteiger partial charge in [-0.05, 0) is 47.5 Å². The molecule has 1 N–H and O–H groups in total. The number of nitrogens with zero attached hydrogens (tertiary/aromatic N) is 2. The molecule has 1 aliphatic rings. The number of rotatable bonds is 7. The molecule has 0 spiro atoms. The molecule has 0 saturated heterocycles. The van der Waals surface area contributed by atoms with E-state index in [-0.39, 0.29) is 24.3 Å². The molecule has 34 heavy (non-hydrogen) atoms. The molecule has 7 nitrogen and oxygen atoms in total. The molecule has 7 heteroatoms. The van der Waals surface area contributed by atoms with Crippen molar-refractivity contribution in [2.75, 3.05) is 24.4 Å². The van der Waals surface area contributed by atoms with Gasteiger partial charge in [0.25, 0.3) is 11.8 Å². The van der Waals surface area contributed by atoms with Crippen LogP contribution in [0.3, 0.4) is 0 Å². The summed E-state index contributed by atoms with van der Waals surface area (Å²) in [6.45, 7) is 1.57. The van der Waals surface area contributed by atoms with Crippen molar-refractivity contribution < 1.29 is 19.1 Å². The minimum Gasteiger partial charge on any atom is -0.497 e. The molecule has 0 saturated carbocycles. The molecule has 0 radical (unpaired) electrons. The number of imide groups is 1. The van der Waals surface area contributed by atoms with Crippen molar-refractivity contribution >= 4 is 34.7 Å². The molecule has 1 heterocycles. The summed E-state index contributed by atoms with van der Waals surface area (Å²) in [7, 11) is 3.36. The predicted octanol–water partition coefficient (Wildman–Crippen LogP) is 4.07. The number of carbonyl (C=O) groups excluding carboxylic acids is 3. The van der Waals surface area contributed by atoms with Crippen molar-refractivity contribution in [1.29, 1.82) is 0 Å². The number of ether oxygens (including phenoxy) is 1. The summed E-state index contributed by atoms with van der Waals surface area (Å²) in [6.07, 6.45) is 0. The number of carbonyl (C=O) groups is 3. The molecule has 0 atom stereocenters. The van der Waals surface area contributed by atoms with Gasteiger partial charge in [0, 0.05) is 25.3 Å². The van der Waals surface area contributed by atoms with Crippen LogP contribution in [-0.2, 0) is 20.9 Å². The SMILES string of the molecule is COc1ccc(CN2C(=O)C(c3ccc(NC(C)=O)cc3)=C(N(C)c3ccccc3)C2=O)cc1. The van der Waals surface area contributed by atoms with Crippen LogP contribution in [0.5, 0.6) is 5.75 Å². The summed E-state index contributed by atoms with van der Waals surface area (Å²) in [4.78, 5) is 41.5. The second kappa shape index (κ2) is 9.62. The molecule has 0 unspecified atom stereocenters. The maximum Gasteiger partial charge on any atom is 0.278 e. The molecule has 172 valence electrons. The van der Waals surface area contributed by atoms with Crippen molar-refractivity contribution in [2.24, 2.45) is 0 Å². The molecule has 0 aromatic heterocycles. The highest BCUT2D eigenvalue weighted by atomic mass is 16.5. The maximum absolute atomic E-state index is 13.6. The Kier molecular flexibility index (Phi) is 6.45. The van der Waals surface area contributed by atoms with Crippen LogP contribution in [-0.4, -0.2) is 36.8 Å². The van der Waals surface area contributed by atoms with E-state index in [9.17, 15) is 14.4 Å². The first-order valence-electron chi connectivity index (χ1n) is 10.8. The summed E-state index contributed by atoms with van der Waals surface area (Å²) in [5, 5.41) is 2.72. The van der Waals surface area contributed by atoms with Crippen LogP contribution in [0.1, 0.15) is 18.1 Å². The van der Waals surface area contributed by atoms with Gasteiger partial charge in [0.15, 0.2) is 0 Å². The minimum atomic E-state index is -0.370. The van der Waals surface area contributed by atoms with E-state index in [1.807, 2.05) is 42.5 Å². The zero-order valence-electron chi connectivity index (χ0n) is 19.2. The Morgan fingerprint density at radius 1 is 0.912 bits per heavy atom. The second-order valence-electron chi connectivity index (χ2n) is 7.92. The lowest BCUT2D eigenvalue weighted by atomic mass is 10.0. The third-order valence-electron chi connectivity index (χ3n) is 5.62. The Bertz CT molecular complexity index is 1250. The highest BCUT2D eigenvalue weighted by molar-refractivity contribution is 6.36. The molecule has 0 bridgehead atoms. The molecule has 3 aromatic rings. The van der Waals surface area contributed by atoms with Gasteiger partial charge in [-0.15, -0.1) is 0 Å². The van der Waals surface area contributed by atoms with Gasteiger partial charge in [0.05, 0.1) is 19.2 Å². The number of methoxy groups -OCH3 is 1. The number of benzene rings is 3. The van der Waals surface area contributed by atoms with Gasteiger partial charge in [0.2, 0.25) is 5.91 Å². The smallest absolute Gasteiger partial charge is 0.278 e. The van der Waals surface area contributed by atoms with Crippen molar-refractivity contribution in [3.05, 3.63) is 95.7 Å². The van der Waals surface area contributed by atoms with Gasteiger partial charge in [-0.2, -0.15) is 0 Å². The Balaban J connectivity index is 1.73. The van der Waals surface area contributed by atoms with E-state index in [0.717, 1.165) is 11.3 Å². The summed E-state index contributed by atoms with van der Waals surface area (Å²) in [5.74, 6) is -0.223. The van der Waals surface area contributed by atoms with Crippen molar-refractivity contribution in [3.8, 4) is 5.75 Å². The van der Waals surface area contributed by atoms with Gasteiger partial charge in [-0.1, -0.05) is 42.5 Å². The highest BCUT2D eigenvalue weighted by Crippen LogP contribution is 2.34. The molecular weight excluding hydrogens is 430 g/mol. The van der Waals surface area contributed by atoms with E-state index in [1.54, 1.807) is 55.5 Å².